The van der Waals surface area contributed by atoms with Gasteiger partial charge in [0.2, 0.25) is 0 Å². The topological polar surface area (TPSA) is 78.9 Å². The summed E-state index contributed by atoms with van der Waals surface area (Å²) in [5.41, 5.74) is 2.55. The Balaban J connectivity index is 2.00. The molecule has 21 heavy (non-hydrogen) atoms. The Labute approximate surface area is 123 Å². The summed E-state index contributed by atoms with van der Waals surface area (Å²) in [6.45, 7) is 1.97. The number of H-pyrrole nitrogens is 1. The van der Waals surface area contributed by atoms with Crippen LogP contribution in [0.2, 0.25) is 0 Å². The predicted octanol–water partition coefficient (Wildman–Crippen LogP) is 3.25. The maximum absolute atomic E-state index is 13.1. The summed E-state index contributed by atoms with van der Waals surface area (Å²) < 4.78 is 13.1. The standard InChI is InChI=1S/C14H10FN3O2S/c1-7-2-3-10-11(4-7)18-14(17-10)21-12-9(13(19)20)5-8(15)6-16-12/h2-6H,1H3,(H,17,18)(H,19,20). The summed E-state index contributed by atoms with van der Waals surface area (Å²) in [6.07, 6.45) is 0.988. The van der Waals surface area contributed by atoms with Crippen molar-refractivity contribution in [3.63, 3.8) is 0 Å². The summed E-state index contributed by atoms with van der Waals surface area (Å²) in [7, 11) is 0. The Morgan fingerprint density at radius 2 is 2.19 bits per heavy atom. The molecule has 2 N–H and O–H groups in total. The maximum Gasteiger partial charge on any atom is 0.338 e. The Hall–Kier alpha value is -2.41. The van der Waals surface area contributed by atoms with E-state index in [1.807, 2.05) is 25.1 Å². The molecule has 0 aliphatic heterocycles. The van der Waals surface area contributed by atoms with Crippen LogP contribution in [0, 0.1) is 12.7 Å². The molecule has 1 aromatic carbocycles. The number of nitrogens with zero attached hydrogens (tertiary/aromatic N) is 2. The highest BCUT2D eigenvalue weighted by atomic mass is 32.2. The predicted molar refractivity (Wildman–Crippen MR) is 76.1 cm³/mol. The van der Waals surface area contributed by atoms with Gasteiger partial charge in [-0.25, -0.2) is 19.2 Å². The molecule has 0 saturated carbocycles. The molecule has 7 heteroatoms. The van der Waals surface area contributed by atoms with E-state index in [0.29, 0.717) is 5.16 Å². The lowest BCUT2D eigenvalue weighted by atomic mass is 10.2. The van der Waals surface area contributed by atoms with Crippen LogP contribution >= 0.6 is 11.8 Å². The normalized spacial score (nSPS) is 11.0. The first-order valence-electron chi connectivity index (χ1n) is 6.06. The number of aryl methyl sites for hydroxylation is 1. The van der Waals surface area contributed by atoms with Crippen LogP contribution in [0.1, 0.15) is 15.9 Å². The fourth-order valence-corrected chi connectivity index (χ4v) is 2.75. The fourth-order valence-electron chi connectivity index (χ4n) is 1.90. The van der Waals surface area contributed by atoms with Crippen molar-refractivity contribution in [3.8, 4) is 0 Å². The van der Waals surface area contributed by atoms with Gasteiger partial charge in [0.05, 0.1) is 22.8 Å². The Kier molecular flexibility index (Phi) is 3.34. The first kappa shape index (κ1) is 13.6. The molecular formula is C14H10FN3O2S. The van der Waals surface area contributed by atoms with Crippen LogP contribution in [0.25, 0.3) is 11.0 Å². The molecule has 0 amide bonds. The molecule has 3 aromatic rings. The molecule has 0 atom stereocenters. The quantitative estimate of drug-likeness (QED) is 0.776. The summed E-state index contributed by atoms with van der Waals surface area (Å²) >= 11 is 1.06. The van der Waals surface area contributed by atoms with E-state index in [1.165, 1.54) is 0 Å². The second kappa shape index (κ2) is 5.17. The first-order valence-corrected chi connectivity index (χ1v) is 6.87. The SMILES string of the molecule is Cc1ccc2nc(Sc3ncc(F)cc3C(=O)O)[nH]c2c1. The van der Waals surface area contributed by atoms with Crippen LogP contribution in [0.15, 0.2) is 40.6 Å². The molecule has 0 fully saturated rings. The lowest BCUT2D eigenvalue weighted by Crippen LogP contribution is -2.02. The van der Waals surface area contributed by atoms with Crippen molar-refractivity contribution in [2.45, 2.75) is 17.1 Å². The second-order valence-corrected chi connectivity index (χ2v) is 5.45. The number of nitrogens with one attached hydrogen (secondary N) is 1. The van der Waals surface area contributed by atoms with E-state index in [2.05, 4.69) is 15.0 Å². The molecule has 2 aromatic heterocycles. The lowest BCUT2D eigenvalue weighted by molar-refractivity contribution is 0.0691. The Bertz CT molecular complexity index is 847. The second-order valence-electron chi connectivity index (χ2n) is 4.48. The van der Waals surface area contributed by atoms with Crippen molar-refractivity contribution in [3.05, 3.63) is 47.4 Å². The van der Waals surface area contributed by atoms with E-state index in [-0.39, 0.29) is 10.6 Å². The summed E-state index contributed by atoms with van der Waals surface area (Å²) in [4.78, 5) is 22.4. The number of carboxylic acid groups (broad SMARTS) is 1. The molecule has 0 bridgehead atoms. The average molecular weight is 303 g/mol. The van der Waals surface area contributed by atoms with Gasteiger partial charge in [-0.2, -0.15) is 0 Å². The van der Waals surface area contributed by atoms with Crippen LogP contribution in [0.5, 0.6) is 0 Å². The number of aromatic amines is 1. The highest BCUT2D eigenvalue weighted by Gasteiger charge is 2.15. The van der Waals surface area contributed by atoms with Crippen LogP contribution in [-0.4, -0.2) is 26.0 Å². The fraction of sp³-hybridized carbons (Fsp3) is 0.0714. The number of hydrogen-bond donors (Lipinski definition) is 2. The van der Waals surface area contributed by atoms with E-state index in [4.69, 9.17) is 5.11 Å². The summed E-state index contributed by atoms with van der Waals surface area (Å²) in [5, 5.41) is 9.80. The highest BCUT2D eigenvalue weighted by molar-refractivity contribution is 7.99. The largest absolute Gasteiger partial charge is 0.478 e. The third-order valence-corrected chi connectivity index (χ3v) is 3.76. The summed E-state index contributed by atoms with van der Waals surface area (Å²) in [6, 6.07) is 6.71. The van der Waals surface area contributed by atoms with Crippen LogP contribution < -0.4 is 0 Å². The molecule has 106 valence electrons. The van der Waals surface area contributed by atoms with Gasteiger partial charge in [-0.1, -0.05) is 6.07 Å². The summed E-state index contributed by atoms with van der Waals surface area (Å²) in [5.74, 6) is -1.91. The molecule has 0 unspecified atom stereocenters. The van der Waals surface area contributed by atoms with Crippen LogP contribution in [0.3, 0.4) is 0 Å². The van der Waals surface area contributed by atoms with Crippen molar-refractivity contribution in [2.75, 3.05) is 0 Å². The number of halogens is 1. The van der Waals surface area contributed by atoms with Crippen molar-refractivity contribution in [2.24, 2.45) is 0 Å². The van der Waals surface area contributed by atoms with Crippen molar-refractivity contribution < 1.29 is 14.3 Å². The van der Waals surface area contributed by atoms with Gasteiger partial charge >= 0.3 is 5.97 Å². The molecular weight excluding hydrogens is 293 g/mol. The van der Waals surface area contributed by atoms with Gasteiger partial charge in [0, 0.05) is 0 Å². The van der Waals surface area contributed by atoms with E-state index < -0.39 is 11.8 Å². The zero-order chi connectivity index (χ0) is 15.0. The number of aromatic nitrogens is 3. The molecule has 5 nitrogen and oxygen atoms in total. The van der Waals surface area contributed by atoms with E-state index >= 15 is 0 Å². The number of rotatable bonds is 3. The maximum atomic E-state index is 13.1. The lowest BCUT2D eigenvalue weighted by Gasteiger charge is -2.02. The van der Waals surface area contributed by atoms with Crippen LogP contribution in [0.4, 0.5) is 4.39 Å². The van der Waals surface area contributed by atoms with Gasteiger partial charge in [0.15, 0.2) is 5.16 Å². The van der Waals surface area contributed by atoms with E-state index in [1.54, 1.807) is 0 Å². The third kappa shape index (κ3) is 2.73. The smallest absolute Gasteiger partial charge is 0.338 e. The Morgan fingerprint density at radius 1 is 1.38 bits per heavy atom. The minimum absolute atomic E-state index is 0.184. The van der Waals surface area contributed by atoms with Gasteiger partial charge in [-0.15, -0.1) is 0 Å². The van der Waals surface area contributed by atoms with E-state index in [0.717, 1.165) is 40.6 Å². The molecule has 0 saturated heterocycles. The van der Waals surface area contributed by atoms with Crippen LogP contribution in [-0.2, 0) is 0 Å². The van der Waals surface area contributed by atoms with Crippen molar-refractivity contribution >= 4 is 28.8 Å². The molecule has 0 spiro atoms. The number of carbonyl (C=O) groups is 1. The average Bonchev–Trinajstić information content (AvgIpc) is 2.82. The zero-order valence-corrected chi connectivity index (χ0v) is 11.7. The monoisotopic (exact) mass is 303 g/mol. The minimum Gasteiger partial charge on any atom is -0.478 e. The van der Waals surface area contributed by atoms with Crippen molar-refractivity contribution in [1.29, 1.82) is 0 Å². The minimum atomic E-state index is -1.23. The van der Waals surface area contributed by atoms with E-state index in [9.17, 15) is 9.18 Å². The molecule has 2 heterocycles. The number of hydrogen-bond acceptors (Lipinski definition) is 4. The number of benzene rings is 1. The van der Waals surface area contributed by atoms with Gasteiger partial charge in [-0.05, 0) is 42.4 Å². The third-order valence-electron chi connectivity index (χ3n) is 2.86. The molecule has 0 aliphatic rings. The molecule has 3 rings (SSSR count). The number of carboxylic acids is 1. The first-order chi connectivity index (χ1) is 10.0. The van der Waals surface area contributed by atoms with Gasteiger partial charge in [0.25, 0.3) is 0 Å². The molecule has 0 aliphatic carbocycles. The molecule has 0 radical (unpaired) electrons. The van der Waals surface area contributed by atoms with Crippen molar-refractivity contribution in [1.82, 2.24) is 15.0 Å². The highest BCUT2D eigenvalue weighted by Crippen LogP contribution is 2.28. The zero-order valence-electron chi connectivity index (χ0n) is 10.9. The van der Waals surface area contributed by atoms with Gasteiger partial charge in [0.1, 0.15) is 10.8 Å². The van der Waals surface area contributed by atoms with Gasteiger partial charge in [-0.3, -0.25) is 0 Å². The number of imidazole rings is 1. The number of fused-ring (bicyclic) bond motifs is 1. The number of aromatic carboxylic acids is 1. The van der Waals surface area contributed by atoms with Gasteiger partial charge < -0.3 is 10.1 Å². The number of pyridine rings is 1. The Morgan fingerprint density at radius 3 is 2.95 bits per heavy atom.